The monoisotopic (exact) mass is 493 g/mol. The van der Waals surface area contributed by atoms with E-state index in [9.17, 15) is 19.2 Å². The number of halogens is 1. The minimum absolute atomic E-state index is 0.0187. The van der Waals surface area contributed by atoms with Crippen LogP contribution in [0.3, 0.4) is 0 Å². The standard InChI is InChI=1S/C25H36ClN3O5/c1-17-6-4-7-18(12-17)14-22(24(32)27-21(15-30)10-11-23(31)29(2)3)28-25(33)34-16-19-8-5-9-20(26)13-19/h5,8-9,13,15,17-18,21-22H,4,6-7,10-12,14,16H2,1-3H3,(H,27,32)(H,28,33)/t17?,18?,21-,22?/m0/s1. The predicted octanol–water partition coefficient (Wildman–Crippen LogP) is 3.70. The van der Waals surface area contributed by atoms with Crippen LogP contribution in [0.25, 0.3) is 0 Å². The van der Waals surface area contributed by atoms with E-state index in [4.69, 9.17) is 16.3 Å². The summed E-state index contributed by atoms with van der Waals surface area (Å²) in [5, 5.41) is 5.90. The van der Waals surface area contributed by atoms with Crippen LogP contribution in [0.1, 0.15) is 57.4 Å². The Morgan fingerprint density at radius 2 is 2.00 bits per heavy atom. The van der Waals surface area contributed by atoms with Gasteiger partial charge in [-0.3, -0.25) is 9.59 Å². The Hall–Kier alpha value is -2.61. The smallest absolute Gasteiger partial charge is 0.408 e. The van der Waals surface area contributed by atoms with Crippen LogP contribution >= 0.6 is 11.6 Å². The molecule has 0 aromatic heterocycles. The highest BCUT2D eigenvalue weighted by atomic mass is 35.5. The molecule has 1 saturated carbocycles. The van der Waals surface area contributed by atoms with E-state index in [0.717, 1.165) is 31.2 Å². The number of nitrogens with one attached hydrogen (secondary N) is 2. The van der Waals surface area contributed by atoms with Gasteiger partial charge in [-0.25, -0.2) is 4.79 Å². The normalized spacial score (nSPS) is 19.4. The van der Waals surface area contributed by atoms with E-state index in [-0.39, 0.29) is 31.3 Å². The average molecular weight is 494 g/mol. The van der Waals surface area contributed by atoms with E-state index < -0.39 is 24.1 Å². The molecule has 8 nitrogen and oxygen atoms in total. The SMILES string of the molecule is CC1CCCC(CC(NC(=O)OCc2cccc(Cl)c2)C(=O)N[C@H](C=O)CCC(=O)N(C)C)C1. The molecule has 0 bridgehead atoms. The van der Waals surface area contributed by atoms with Gasteiger partial charge < -0.3 is 25.1 Å². The lowest BCUT2D eigenvalue weighted by molar-refractivity contribution is -0.130. The summed E-state index contributed by atoms with van der Waals surface area (Å²) in [5.41, 5.74) is 0.733. The van der Waals surface area contributed by atoms with Gasteiger partial charge in [0.1, 0.15) is 18.9 Å². The molecule has 0 spiro atoms. The fraction of sp³-hybridized carbons (Fsp3) is 0.600. The lowest BCUT2D eigenvalue weighted by Gasteiger charge is -2.30. The third-order valence-corrected chi connectivity index (χ3v) is 6.38. The van der Waals surface area contributed by atoms with Gasteiger partial charge in [-0.05, 0) is 48.8 Å². The molecule has 3 unspecified atom stereocenters. The van der Waals surface area contributed by atoms with Crippen molar-refractivity contribution >= 4 is 35.8 Å². The van der Waals surface area contributed by atoms with Crippen molar-refractivity contribution in [2.24, 2.45) is 11.8 Å². The Morgan fingerprint density at radius 3 is 2.65 bits per heavy atom. The highest BCUT2D eigenvalue weighted by Crippen LogP contribution is 2.31. The van der Waals surface area contributed by atoms with Crippen molar-refractivity contribution < 1.29 is 23.9 Å². The number of hydrogen-bond donors (Lipinski definition) is 2. The zero-order chi connectivity index (χ0) is 25.1. The first-order valence-electron chi connectivity index (χ1n) is 11.8. The Bertz CT molecular complexity index is 848. The molecule has 34 heavy (non-hydrogen) atoms. The maximum atomic E-state index is 13.0. The second-order valence-electron chi connectivity index (χ2n) is 9.35. The molecule has 1 fully saturated rings. The van der Waals surface area contributed by atoms with Crippen molar-refractivity contribution in [2.45, 2.75) is 70.6 Å². The van der Waals surface area contributed by atoms with E-state index >= 15 is 0 Å². The van der Waals surface area contributed by atoms with Crippen LogP contribution < -0.4 is 10.6 Å². The van der Waals surface area contributed by atoms with E-state index in [2.05, 4.69) is 17.6 Å². The van der Waals surface area contributed by atoms with Gasteiger partial charge in [-0.2, -0.15) is 0 Å². The number of aldehydes is 1. The topological polar surface area (TPSA) is 105 Å². The van der Waals surface area contributed by atoms with Crippen molar-refractivity contribution in [3.05, 3.63) is 34.9 Å². The first-order chi connectivity index (χ1) is 16.2. The molecule has 9 heteroatoms. The summed E-state index contributed by atoms with van der Waals surface area (Å²) < 4.78 is 5.30. The average Bonchev–Trinajstić information content (AvgIpc) is 2.79. The maximum absolute atomic E-state index is 13.0. The van der Waals surface area contributed by atoms with Gasteiger partial charge in [0.25, 0.3) is 0 Å². The van der Waals surface area contributed by atoms with E-state index in [1.165, 1.54) is 4.90 Å². The summed E-state index contributed by atoms with van der Waals surface area (Å²) in [6.07, 6.45) is 4.92. The fourth-order valence-electron chi connectivity index (χ4n) is 4.26. The van der Waals surface area contributed by atoms with Gasteiger partial charge in [0.15, 0.2) is 0 Å². The largest absolute Gasteiger partial charge is 0.445 e. The summed E-state index contributed by atoms with van der Waals surface area (Å²) in [5.74, 6) is 0.277. The first-order valence-corrected chi connectivity index (χ1v) is 12.2. The van der Waals surface area contributed by atoms with Gasteiger partial charge in [0.2, 0.25) is 11.8 Å². The van der Waals surface area contributed by atoms with Crippen molar-refractivity contribution in [3.63, 3.8) is 0 Å². The molecule has 2 rings (SSSR count). The fourth-order valence-corrected chi connectivity index (χ4v) is 4.47. The van der Waals surface area contributed by atoms with Crippen LogP contribution in [0, 0.1) is 11.8 Å². The number of carbonyl (C=O) groups excluding carboxylic acids is 4. The highest BCUT2D eigenvalue weighted by Gasteiger charge is 2.29. The number of amides is 3. The van der Waals surface area contributed by atoms with Crippen molar-refractivity contribution in [3.8, 4) is 0 Å². The molecule has 1 aliphatic carbocycles. The van der Waals surface area contributed by atoms with Crippen LogP contribution in [0.2, 0.25) is 5.02 Å². The van der Waals surface area contributed by atoms with Crippen LogP contribution in [0.5, 0.6) is 0 Å². The van der Waals surface area contributed by atoms with Gasteiger partial charge in [-0.15, -0.1) is 0 Å². The minimum atomic E-state index is -0.839. The molecule has 2 N–H and O–H groups in total. The molecule has 0 radical (unpaired) electrons. The van der Waals surface area contributed by atoms with Gasteiger partial charge in [0, 0.05) is 25.5 Å². The summed E-state index contributed by atoms with van der Waals surface area (Å²) in [4.78, 5) is 50.4. The van der Waals surface area contributed by atoms with Crippen LogP contribution in [0.4, 0.5) is 4.79 Å². The van der Waals surface area contributed by atoms with Gasteiger partial charge >= 0.3 is 6.09 Å². The summed E-state index contributed by atoms with van der Waals surface area (Å²) in [6.45, 7) is 2.21. The molecule has 0 aliphatic heterocycles. The lowest BCUT2D eigenvalue weighted by atomic mass is 9.79. The van der Waals surface area contributed by atoms with Crippen molar-refractivity contribution in [1.82, 2.24) is 15.5 Å². The highest BCUT2D eigenvalue weighted by molar-refractivity contribution is 6.30. The molecule has 0 heterocycles. The molecular weight excluding hydrogens is 458 g/mol. The quantitative estimate of drug-likeness (QED) is 0.457. The second-order valence-corrected chi connectivity index (χ2v) is 9.79. The maximum Gasteiger partial charge on any atom is 0.408 e. The number of benzene rings is 1. The second kappa shape index (κ2) is 13.9. The van der Waals surface area contributed by atoms with Crippen LogP contribution in [-0.2, 0) is 25.7 Å². The summed E-state index contributed by atoms with van der Waals surface area (Å²) in [7, 11) is 3.27. The third kappa shape index (κ3) is 9.71. The molecule has 1 aromatic carbocycles. The van der Waals surface area contributed by atoms with Gasteiger partial charge in [0.05, 0.1) is 6.04 Å². The Labute approximate surface area is 206 Å². The summed E-state index contributed by atoms with van der Waals surface area (Å²) in [6, 6.07) is 5.33. The zero-order valence-electron chi connectivity index (χ0n) is 20.2. The molecule has 4 atom stereocenters. The number of rotatable bonds is 11. The Kier molecular flexibility index (Phi) is 11.3. The molecule has 1 aliphatic rings. The Morgan fingerprint density at radius 1 is 1.24 bits per heavy atom. The first kappa shape index (κ1) is 27.6. The van der Waals surface area contributed by atoms with Gasteiger partial charge in [-0.1, -0.05) is 49.9 Å². The molecule has 1 aromatic rings. The predicted molar refractivity (Wildman–Crippen MR) is 130 cm³/mol. The molecular formula is C25H36ClN3O5. The number of hydrogen-bond acceptors (Lipinski definition) is 5. The van der Waals surface area contributed by atoms with E-state index in [0.29, 0.717) is 23.6 Å². The van der Waals surface area contributed by atoms with Crippen LogP contribution in [-0.4, -0.2) is 55.3 Å². The Balaban J connectivity index is 2.00. The van der Waals surface area contributed by atoms with Crippen molar-refractivity contribution in [2.75, 3.05) is 14.1 Å². The van der Waals surface area contributed by atoms with Crippen molar-refractivity contribution in [1.29, 1.82) is 0 Å². The molecule has 188 valence electrons. The zero-order valence-corrected chi connectivity index (χ0v) is 21.0. The number of ether oxygens (including phenoxy) is 1. The lowest BCUT2D eigenvalue weighted by Crippen LogP contribution is -2.51. The minimum Gasteiger partial charge on any atom is -0.445 e. The number of nitrogens with zero attached hydrogens (tertiary/aromatic N) is 1. The number of alkyl carbamates (subject to hydrolysis) is 1. The number of carbonyl (C=O) groups is 4. The van der Waals surface area contributed by atoms with E-state index in [1.807, 2.05) is 0 Å². The third-order valence-electron chi connectivity index (χ3n) is 6.14. The molecule has 0 saturated heterocycles. The van der Waals surface area contributed by atoms with Crippen LogP contribution in [0.15, 0.2) is 24.3 Å². The van der Waals surface area contributed by atoms with E-state index in [1.54, 1.807) is 38.4 Å². The molecule has 3 amide bonds. The summed E-state index contributed by atoms with van der Waals surface area (Å²) >= 11 is 5.97.